The Balaban J connectivity index is 2.31. The van der Waals surface area contributed by atoms with Gasteiger partial charge in [-0.25, -0.2) is 0 Å². The lowest BCUT2D eigenvalue weighted by atomic mass is 9.87. The number of Topliss-reactive ketones (excluding diaryl/α,β-unsaturated/α-hetero) is 1. The number of carbonyl (C=O) groups excluding carboxylic acids is 1. The summed E-state index contributed by atoms with van der Waals surface area (Å²) < 4.78 is 0. The van der Waals surface area contributed by atoms with Gasteiger partial charge < -0.3 is 0 Å². The fourth-order valence-corrected chi connectivity index (χ4v) is 1.31. The van der Waals surface area contributed by atoms with E-state index in [1.54, 1.807) is 6.92 Å². The Bertz CT molecular complexity index is 101. The molecule has 0 amide bonds. The summed E-state index contributed by atoms with van der Waals surface area (Å²) in [4.78, 5) is 10.8. The molecule has 1 heteroatoms. The predicted octanol–water partition coefficient (Wildman–Crippen LogP) is 1.97. The van der Waals surface area contributed by atoms with Gasteiger partial charge in [0, 0.05) is 5.92 Å². The highest BCUT2D eigenvalue weighted by molar-refractivity contribution is 5.79. The van der Waals surface area contributed by atoms with Crippen LogP contribution in [0, 0.1) is 12.3 Å². The molecule has 51 valence electrons. The van der Waals surface area contributed by atoms with Crippen LogP contribution in [0.3, 0.4) is 0 Å². The van der Waals surface area contributed by atoms with Gasteiger partial charge in [0.25, 0.3) is 0 Å². The predicted molar refractivity (Wildman–Crippen MR) is 36.9 cm³/mol. The van der Waals surface area contributed by atoms with Gasteiger partial charge >= 0.3 is 0 Å². The van der Waals surface area contributed by atoms with E-state index in [-0.39, 0.29) is 0 Å². The number of hydrogen-bond acceptors (Lipinski definition) is 1. The molecule has 1 rings (SSSR count). The first kappa shape index (κ1) is 6.79. The van der Waals surface area contributed by atoms with Crippen molar-refractivity contribution in [1.29, 1.82) is 0 Å². The third-order valence-corrected chi connectivity index (χ3v) is 1.94. The molecule has 1 unspecified atom stereocenters. The lowest BCUT2D eigenvalue weighted by Crippen LogP contribution is -2.14. The van der Waals surface area contributed by atoms with Crippen molar-refractivity contribution >= 4 is 5.78 Å². The molecular formula is C8H13O. The SMILES string of the molecule is CC(=O)C1[CH]CCCC1. The maximum atomic E-state index is 10.8. The zero-order valence-corrected chi connectivity index (χ0v) is 5.89. The first-order valence-electron chi connectivity index (χ1n) is 3.64. The molecule has 0 N–H and O–H groups in total. The average molecular weight is 125 g/mol. The summed E-state index contributed by atoms with van der Waals surface area (Å²) in [7, 11) is 0. The van der Waals surface area contributed by atoms with Crippen molar-refractivity contribution in [3.63, 3.8) is 0 Å². The van der Waals surface area contributed by atoms with Gasteiger partial charge in [0.05, 0.1) is 0 Å². The van der Waals surface area contributed by atoms with Crippen molar-refractivity contribution in [3.8, 4) is 0 Å². The monoisotopic (exact) mass is 125 g/mol. The van der Waals surface area contributed by atoms with Crippen LogP contribution in [0.5, 0.6) is 0 Å². The first-order chi connectivity index (χ1) is 4.30. The van der Waals surface area contributed by atoms with Gasteiger partial charge in [0.2, 0.25) is 0 Å². The van der Waals surface area contributed by atoms with E-state index >= 15 is 0 Å². The lowest BCUT2D eigenvalue weighted by molar-refractivity contribution is -0.120. The molecule has 0 aromatic carbocycles. The highest BCUT2D eigenvalue weighted by Gasteiger charge is 2.16. The van der Waals surface area contributed by atoms with Crippen LogP contribution in [0.4, 0.5) is 0 Å². The second kappa shape index (κ2) is 3.00. The third-order valence-electron chi connectivity index (χ3n) is 1.94. The summed E-state index contributed by atoms with van der Waals surface area (Å²) in [5.74, 6) is 0.633. The number of ketones is 1. The van der Waals surface area contributed by atoms with Crippen LogP contribution in [-0.4, -0.2) is 5.78 Å². The first-order valence-corrected chi connectivity index (χ1v) is 3.64. The van der Waals surface area contributed by atoms with Crippen LogP contribution in [-0.2, 0) is 4.79 Å². The molecule has 1 atom stereocenters. The number of rotatable bonds is 1. The second-order valence-corrected chi connectivity index (χ2v) is 2.74. The highest BCUT2D eigenvalue weighted by atomic mass is 16.1. The van der Waals surface area contributed by atoms with Gasteiger partial charge in [0.15, 0.2) is 0 Å². The molecular weight excluding hydrogens is 112 g/mol. The third kappa shape index (κ3) is 1.81. The molecule has 1 nitrogen and oxygen atoms in total. The maximum Gasteiger partial charge on any atom is 0.133 e. The van der Waals surface area contributed by atoms with E-state index in [4.69, 9.17) is 0 Å². The van der Waals surface area contributed by atoms with Gasteiger partial charge in [-0.3, -0.25) is 4.79 Å². The molecule has 0 aromatic rings. The normalized spacial score (nSPS) is 21.9. The van der Waals surface area contributed by atoms with E-state index in [2.05, 4.69) is 6.42 Å². The van der Waals surface area contributed by atoms with Gasteiger partial charge in [-0.1, -0.05) is 12.8 Å². The average Bonchev–Trinajstić information content (AvgIpc) is 1.90. The summed E-state index contributed by atoms with van der Waals surface area (Å²) in [5, 5.41) is 0. The van der Waals surface area contributed by atoms with Crippen molar-refractivity contribution in [3.05, 3.63) is 6.42 Å². The van der Waals surface area contributed by atoms with Crippen LogP contribution in [0.2, 0.25) is 0 Å². The minimum Gasteiger partial charge on any atom is -0.300 e. The van der Waals surface area contributed by atoms with E-state index in [1.165, 1.54) is 12.8 Å². The van der Waals surface area contributed by atoms with Crippen molar-refractivity contribution in [2.24, 2.45) is 5.92 Å². The summed E-state index contributed by atoms with van der Waals surface area (Å²) in [6, 6.07) is 0. The zero-order valence-electron chi connectivity index (χ0n) is 5.89. The number of hydrogen-bond donors (Lipinski definition) is 0. The Hall–Kier alpha value is -0.330. The maximum absolute atomic E-state index is 10.8. The summed E-state index contributed by atoms with van der Waals surface area (Å²) in [5.41, 5.74) is 0. The van der Waals surface area contributed by atoms with Crippen molar-refractivity contribution in [2.45, 2.75) is 32.6 Å². The molecule has 0 aromatic heterocycles. The molecule has 9 heavy (non-hydrogen) atoms. The zero-order chi connectivity index (χ0) is 6.69. The molecule has 1 radical (unpaired) electrons. The standard InChI is InChI=1S/C8H13O/c1-7(9)8-5-3-2-4-6-8/h5,8H,2-4,6H2,1H3. The van der Waals surface area contributed by atoms with E-state index < -0.39 is 0 Å². The van der Waals surface area contributed by atoms with Crippen molar-refractivity contribution in [2.75, 3.05) is 0 Å². The molecule has 1 saturated carbocycles. The van der Waals surface area contributed by atoms with Gasteiger partial charge in [-0.05, 0) is 26.2 Å². The molecule has 1 aliphatic carbocycles. The lowest BCUT2D eigenvalue weighted by Gasteiger charge is -2.17. The van der Waals surface area contributed by atoms with E-state index in [1.807, 2.05) is 0 Å². The van der Waals surface area contributed by atoms with E-state index in [0.717, 1.165) is 12.8 Å². The Labute approximate surface area is 56.4 Å². The topological polar surface area (TPSA) is 17.1 Å². The molecule has 0 heterocycles. The summed E-state index contributed by atoms with van der Waals surface area (Å²) in [6.07, 6.45) is 6.91. The van der Waals surface area contributed by atoms with E-state index in [0.29, 0.717) is 11.7 Å². The molecule has 0 aliphatic heterocycles. The van der Waals surface area contributed by atoms with Gasteiger partial charge in [-0.15, -0.1) is 0 Å². The molecule has 0 bridgehead atoms. The summed E-state index contributed by atoms with van der Waals surface area (Å²) >= 11 is 0. The van der Waals surface area contributed by atoms with Crippen molar-refractivity contribution < 1.29 is 4.79 Å². The fourth-order valence-electron chi connectivity index (χ4n) is 1.31. The second-order valence-electron chi connectivity index (χ2n) is 2.74. The highest BCUT2D eigenvalue weighted by Crippen LogP contribution is 2.22. The smallest absolute Gasteiger partial charge is 0.133 e. The Kier molecular flexibility index (Phi) is 2.26. The van der Waals surface area contributed by atoms with E-state index in [9.17, 15) is 4.79 Å². The van der Waals surface area contributed by atoms with Crippen LogP contribution < -0.4 is 0 Å². The molecule has 1 aliphatic rings. The van der Waals surface area contributed by atoms with Gasteiger partial charge in [0.1, 0.15) is 5.78 Å². The number of carbonyl (C=O) groups is 1. The Morgan fingerprint density at radius 3 is 2.67 bits per heavy atom. The Morgan fingerprint density at radius 2 is 2.33 bits per heavy atom. The molecule has 1 fully saturated rings. The Morgan fingerprint density at radius 1 is 1.56 bits per heavy atom. The quantitative estimate of drug-likeness (QED) is 0.523. The fraction of sp³-hybridized carbons (Fsp3) is 0.750. The van der Waals surface area contributed by atoms with Crippen molar-refractivity contribution in [1.82, 2.24) is 0 Å². The molecule has 0 saturated heterocycles. The van der Waals surface area contributed by atoms with Crippen LogP contribution in [0.1, 0.15) is 32.6 Å². The minimum absolute atomic E-state index is 0.291. The largest absolute Gasteiger partial charge is 0.300 e. The van der Waals surface area contributed by atoms with Crippen LogP contribution in [0.25, 0.3) is 0 Å². The summed E-state index contributed by atoms with van der Waals surface area (Å²) in [6.45, 7) is 1.69. The van der Waals surface area contributed by atoms with Crippen LogP contribution >= 0.6 is 0 Å². The minimum atomic E-state index is 0.291. The van der Waals surface area contributed by atoms with Crippen LogP contribution in [0.15, 0.2) is 0 Å². The van der Waals surface area contributed by atoms with Gasteiger partial charge in [-0.2, -0.15) is 0 Å². The molecule has 0 spiro atoms.